The highest BCUT2D eigenvalue weighted by atomic mass is 79.9. The summed E-state index contributed by atoms with van der Waals surface area (Å²) in [5, 5.41) is 0.978. The first-order valence-electron chi connectivity index (χ1n) is 4.60. The Morgan fingerprint density at radius 3 is 2.71 bits per heavy atom. The fourth-order valence-corrected chi connectivity index (χ4v) is 2.06. The van der Waals surface area contributed by atoms with Crippen LogP contribution in [0.3, 0.4) is 0 Å². The van der Waals surface area contributed by atoms with Crippen molar-refractivity contribution in [2.24, 2.45) is 0 Å². The van der Waals surface area contributed by atoms with E-state index < -0.39 is 0 Å². The second-order valence-electron chi connectivity index (χ2n) is 3.23. The van der Waals surface area contributed by atoms with Gasteiger partial charge >= 0.3 is 0 Å². The highest BCUT2D eigenvalue weighted by Gasteiger charge is 2.08. The molecule has 0 bridgehead atoms. The lowest BCUT2D eigenvalue weighted by atomic mass is 10.3. The Morgan fingerprint density at radius 2 is 2.00 bits per heavy atom. The van der Waals surface area contributed by atoms with Crippen LogP contribution in [0.25, 0.3) is 0 Å². The summed E-state index contributed by atoms with van der Waals surface area (Å²) in [7, 11) is 0. The van der Waals surface area contributed by atoms with E-state index in [9.17, 15) is 0 Å². The lowest BCUT2D eigenvalue weighted by Crippen LogP contribution is -1.92. The molecular weight excluding hydrogens is 327 g/mol. The quantitative estimate of drug-likeness (QED) is 0.821. The zero-order valence-electron chi connectivity index (χ0n) is 8.45. The van der Waals surface area contributed by atoms with Gasteiger partial charge in [0, 0.05) is 18.0 Å². The van der Waals surface area contributed by atoms with Crippen LogP contribution in [-0.4, -0.2) is 4.98 Å². The van der Waals surface area contributed by atoms with Crippen molar-refractivity contribution in [1.29, 1.82) is 0 Å². The third kappa shape index (κ3) is 3.03. The number of pyridine rings is 1. The maximum atomic E-state index is 5.98. The lowest BCUT2D eigenvalue weighted by molar-refractivity contribution is 0.460. The predicted molar refractivity (Wildman–Crippen MR) is 72.9 cm³/mol. The van der Waals surface area contributed by atoms with Crippen molar-refractivity contribution in [3.63, 3.8) is 0 Å². The second kappa shape index (κ2) is 5.12. The number of hydrogen-bond acceptors (Lipinski definition) is 3. The minimum absolute atomic E-state index is 0.377. The van der Waals surface area contributed by atoms with Crippen LogP contribution in [0.1, 0.15) is 0 Å². The van der Waals surface area contributed by atoms with E-state index in [2.05, 4.69) is 20.9 Å². The average Bonchev–Trinajstić information content (AvgIpc) is 2.27. The van der Waals surface area contributed by atoms with Gasteiger partial charge in [0.25, 0.3) is 0 Å². The Kier molecular flexibility index (Phi) is 3.76. The summed E-state index contributed by atoms with van der Waals surface area (Å²) in [5.74, 6) is 0.823. The van der Waals surface area contributed by atoms with Gasteiger partial charge in [0.05, 0.1) is 14.5 Å². The van der Waals surface area contributed by atoms with Gasteiger partial charge in [-0.05, 0) is 34.1 Å². The molecular formula is C11H7BrCl2N2O. The molecule has 1 aromatic heterocycles. The summed E-state index contributed by atoms with van der Waals surface area (Å²) >= 11 is 15.1. The van der Waals surface area contributed by atoms with Crippen molar-refractivity contribution in [3.8, 4) is 11.6 Å². The fourth-order valence-electron chi connectivity index (χ4n) is 1.18. The van der Waals surface area contributed by atoms with E-state index in [1.807, 2.05) is 0 Å². The van der Waals surface area contributed by atoms with E-state index >= 15 is 0 Å². The summed E-state index contributed by atoms with van der Waals surface area (Å²) < 4.78 is 6.19. The van der Waals surface area contributed by atoms with Crippen LogP contribution in [-0.2, 0) is 0 Å². The molecule has 3 nitrogen and oxygen atoms in total. The molecule has 2 rings (SSSR count). The van der Waals surface area contributed by atoms with Crippen LogP contribution >= 0.6 is 39.1 Å². The number of halogens is 3. The number of nitrogen functional groups attached to an aromatic ring is 1. The van der Waals surface area contributed by atoms with E-state index in [0.717, 1.165) is 0 Å². The second-order valence-corrected chi connectivity index (χ2v) is 4.93. The van der Waals surface area contributed by atoms with Crippen molar-refractivity contribution >= 4 is 44.8 Å². The molecule has 0 saturated carbocycles. The minimum atomic E-state index is 0.377. The molecule has 0 atom stereocenters. The number of nitrogens with zero attached hydrogens (tertiary/aromatic N) is 1. The standard InChI is InChI=1S/C11H7BrCl2N2O/c12-8-3-6(13)5-16-11(8)17-10-4-7(15)1-2-9(10)14/h1-5H,15H2. The summed E-state index contributed by atoms with van der Waals surface area (Å²) in [4.78, 5) is 4.04. The molecule has 1 aromatic carbocycles. The van der Waals surface area contributed by atoms with Crippen molar-refractivity contribution in [2.45, 2.75) is 0 Å². The van der Waals surface area contributed by atoms with Gasteiger partial charge in [-0.2, -0.15) is 0 Å². The Morgan fingerprint density at radius 1 is 1.24 bits per heavy atom. The van der Waals surface area contributed by atoms with E-state index in [1.165, 1.54) is 6.20 Å². The molecule has 0 radical (unpaired) electrons. The zero-order chi connectivity index (χ0) is 12.4. The Labute approximate surface area is 117 Å². The summed E-state index contributed by atoms with van der Waals surface area (Å²) in [6.45, 7) is 0. The molecule has 0 aliphatic rings. The summed E-state index contributed by atoms with van der Waals surface area (Å²) in [5.41, 5.74) is 6.22. The molecule has 0 unspecified atom stereocenters. The van der Waals surface area contributed by atoms with Gasteiger partial charge in [0.2, 0.25) is 5.88 Å². The largest absolute Gasteiger partial charge is 0.436 e. The first kappa shape index (κ1) is 12.5. The number of rotatable bonds is 2. The number of hydrogen-bond donors (Lipinski definition) is 1. The molecule has 0 aliphatic carbocycles. The third-order valence-corrected chi connectivity index (χ3v) is 3.02. The van der Waals surface area contributed by atoms with E-state index in [0.29, 0.717) is 31.8 Å². The first-order valence-corrected chi connectivity index (χ1v) is 6.15. The molecule has 6 heteroatoms. The molecule has 0 spiro atoms. The Bertz CT molecular complexity index is 563. The highest BCUT2D eigenvalue weighted by Crippen LogP contribution is 2.34. The summed E-state index contributed by atoms with van der Waals surface area (Å²) in [6, 6.07) is 6.67. The normalized spacial score (nSPS) is 10.3. The molecule has 0 amide bonds. The van der Waals surface area contributed by atoms with Crippen LogP contribution < -0.4 is 10.5 Å². The lowest BCUT2D eigenvalue weighted by Gasteiger charge is -2.08. The van der Waals surface area contributed by atoms with E-state index in [4.69, 9.17) is 33.7 Å². The molecule has 0 saturated heterocycles. The molecule has 2 N–H and O–H groups in total. The van der Waals surface area contributed by atoms with Crippen LogP contribution in [0.2, 0.25) is 10.0 Å². The monoisotopic (exact) mass is 332 g/mol. The average molecular weight is 334 g/mol. The van der Waals surface area contributed by atoms with E-state index in [-0.39, 0.29) is 0 Å². The number of ether oxygens (including phenoxy) is 1. The molecule has 88 valence electrons. The number of benzene rings is 1. The van der Waals surface area contributed by atoms with Gasteiger partial charge in [-0.25, -0.2) is 4.98 Å². The van der Waals surface area contributed by atoms with Crippen molar-refractivity contribution in [3.05, 3.63) is 45.0 Å². The summed E-state index contributed by atoms with van der Waals surface area (Å²) in [6.07, 6.45) is 1.49. The Balaban J connectivity index is 2.34. The molecule has 2 aromatic rings. The van der Waals surface area contributed by atoms with Gasteiger partial charge in [0.1, 0.15) is 5.75 Å². The van der Waals surface area contributed by atoms with Gasteiger partial charge in [0.15, 0.2) is 0 Å². The van der Waals surface area contributed by atoms with Crippen molar-refractivity contribution in [1.82, 2.24) is 4.98 Å². The van der Waals surface area contributed by atoms with E-state index in [1.54, 1.807) is 24.3 Å². The first-order chi connectivity index (χ1) is 8.06. The maximum absolute atomic E-state index is 5.98. The third-order valence-electron chi connectivity index (χ3n) is 1.94. The van der Waals surface area contributed by atoms with Crippen molar-refractivity contribution in [2.75, 3.05) is 5.73 Å². The van der Waals surface area contributed by atoms with Crippen LogP contribution in [0.4, 0.5) is 5.69 Å². The predicted octanol–water partition coefficient (Wildman–Crippen LogP) is 4.53. The van der Waals surface area contributed by atoms with Gasteiger partial charge in [-0.15, -0.1) is 0 Å². The number of aromatic nitrogens is 1. The minimum Gasteiger partial charge on any atom is -0.436 e. The van der Waals surface area contributed by atoms with Crippen molar-refractivity contribution < 1.29 is 4.74 Å². The van der Waals surface area contributed by atoms with Gasteiger partial charge in [-0.3, -0.25) is 0 Å². The van der Waals surface area contributed by atoms with Gasteiger partial charge < -0.3 is 10.5 Å². The zero-order valence-corrected chi connectivity index (χ0v) is 11.6. The highest BCUT2D eigenvalue weighted by molar-refractivity contribution is 9.10. The molecule has 17 heavy (non-hydrogen) atoms. The van der Waals surface area contributed by atoms with Crippen LogP contribution in [0.15, 0.2) is 34.9 Å². The number of anilines is 1. The molecule has 0 fully saturated rings. The molecule has 1 heterocycles. The topological polar surface area (TPSA) is 48.1 Å². The van der Waals surface area contributed by atoms with Crippen LogP contribution in [0.5, 0.6) is 11.6 Å². The van der Waals surface area contributed by atoms with Crippen LogP contribution in [0, 0.1) is 0 Å². The fraction of sp³-hybridized carbons (Fsp3) is 0. The SMILES string of the molecule is Nc1ccc(Cl)c(Oc2ncc(Cl)cc2Br)c1. The smallest absolute Gasteiger partial charge is 0.233 e. The van der Waals surface area contributed by atoms with Gasteiger partial charge in [-0.1, -0.05) is 23.2 Å². The Hall–Kier alpha value is -0.970. The number of nitrogens with two attached hydrogens (primary N) is 1. The maximum Gasteiger partial charge on any atom is 0.233 e. The molecule has 0 aliphatic heterocycles.